The van der Waals surface area contributed by atoms with E-state index in [2.05, 4.69) is 0 Å². The van der Waals surface area contributed by atoms with Gasteiger partial charge in [0.15, 0.2) is 6.79 Å². The first-order valence-electron chi connectivity index (χ1n) is 7.18. The fourth-order valence-electron chi connectivity index (χ4n) is 5.77. The van der Waals surface area contributed by atoms with Gasteiger partial charge in [-0.3, -0.25) is 14.4 Å². The standard InChI is InChI=1S/C14H14O6/c15-12-7-5-1-4(6(7)2-18-3-19-12)8-9(5)11-10(8)13(16)20-14(11)17/h4-11H,1-3H2. The van der Waals surface area contributed by atoms with Crippen LogP contribution in [0.5, 0.6) is 0 Å². The van der Waals surface area contributed by atoms with Crippen LogP contribution >= 0.6 is 0 Å². The van der Waals surface area contributed by atoms with Crippen LogP contribution in [0.2, 0.25) is 0 Å². The second-order valence-electron chi connectivity index (χ2n) is 6.65. The smallest absolute Gasteiger partial charge is 0.317 e. The number of cyclic esters (lactones) is 3. The summed E-state index contributed by atoms with van der Waals surface area (Å²) in [7, 11) is 0. The minimum atomic E-state index is -0.386. The molecule has 5 fully saturated rings. The molecule has 2 bridgehead atoms. The number of ether oxygens (including phenoxy) is 3. The lowest BCUT2D eigenvalue weighted by molar-refractivity contribution is -0.164. The predicted molar refractivity (Wildman–Crippen MR) is 60.5 cm³/mol. The monoisotopic (exact) mass is 278 g/mol. The molecular weight excluding hydrogens is 264 g/mol. The van der Waals surface area contributed by atoms with E-state index in [1.54, 1.807) is 0 Å². The highest BCUT2D eigenvalue weighted by molar-refractivity contribution is 5.99. The van der Waals surface area contributed by atoms with Crippen LogP contribution in [0.1, 0.15) is 6.42 Å². The number of rotatable bonds is 0. The van der Waals surface area contributed by atoms with Crippen molar-refractivity contribution < 1.29 is 28.6 Å². The van der Waals surface area contributed by atoms with Crippen LogP contribution < -0.4 is 0 Å². The Balaban J connectivity index is 1.54. The normalized spacial score (nSPS) is 55.3. The largest absolute Gasteiger partial charge is 0.438 e. The van der Waals surface area contributed by atoms with Crippen LogP contribution in [-0.2, 0) is 28.6 Å². The van der Waals surface area contributed by atoms with Crippen LogP contribution in [0.15, 0.2) is 0 Å². The zero-order valence-corrected chi connectivity index (χ0v) is 10.7. The van der Waals surface area contributed by atoms with Crippen molar-refractivity contribution in [2.75, 3.05) is 13.4 Å². The molecule has 8 unspecified atom stereocenters. The number of carbonyl (C=O) groups is 3. The van der Waals surface area contributed by atoms with Gasteiger partial charge >= 0.3 is 17.9 Å². The maximum atomic E-state index is 12.1. The molecule has 0 aromatic rings. The van der Waals surface area contributed by atoms with Crippen molar-refractivity contribution >= 4 is 17.9 Å². The van der Waals surface area contributed by atoms with E-state index in [1.807, 2.05) is 0 Å². The lowest BCUT2D eigenvalue weighted by Crippen LogP contribution is -2.56. The summed E-state index contributed by atoms with van der Waals surface area (Å²) in [6.07, 6.45) is 0.913. The maximum absolute atomic E-state index is 12.1. The first-order valence-corrected chi connectivity index (χ1v) is 7.18. The molecule has 106 valence electrons. The molecule has 2 aliphatic heterocycles. The molecule has 2 heterocycles. The fourth-order valence-corrected chi connectivity index (χ4v) is 5.77. The first kappa shape index (κ1) is 11.3. The van der Waals surface area contributed by atoms with Gasteiger partial charge in [0.2, 0.25) is 0 Å². The van der Waals surface area contributed by atoms with Gasteiger partial charge < -0.3 is 14.2 Å². The third-order valence-corrected chi connectivity index (χ3v) is 6.28. The number of carbonyl (C=O) groups excluding carboxylic acids is 3. The Bertz CT molecular complexity index is 542. The van der Waals surface area contributed by atoms with Crippen molar-refractivity contribution in [3.8, 4) is 0 Å². The molecular formula is C14H14O6. The molecule has 8 atom stereocenters. The Hall–Kier alpha value is -1.43. The van der Waals surface area contributed by atoms with E-state index >= 15 is 0 Å². The van der Waals surface area contributed by atoms with Gasteiger partial charge in [-0.25, -0.2) is 0 Å². The summed E-state index contributed by atoms with van der Waals surface area (Å²) >= 11 is 0. The van der Waals surface area contributed by atoms with Gasteiger partial charge in [0, 0.05) is 0 Å². The van der Waals surface area contributed by atoms with E-state index in [0.29, 0.717) is 12.5 Å². The van der Waals surface area contributed by atoms with Crippen molar-refractivity contribution in [2.45, 2.75) is 6.42 Å². The second-order valence-corrected chi connectivity index (χ2v) is 6.65. The van der Waals surface area contributed by atoms with E-state index in [0.717, 1.165) is 6.42 Å². The van der Waals surface area contributed by atoms with Gasteiger partial charge in [-0.15, -0.1) is 0 Å². The molecule has 0 aromatic carbocycles. The lowest BCUT2D eigenvalue weighted by atomic mass is 9.49. The fraction of sp³-hybridized carbons (Fsp3) is 0.786. The molecule has 5 aliphatic rings. The van der Waals surface area contributed by atoms with E-state index in [-0.39, 0.29) is 66.1 Å². The minimum Gasteiger partial charge on any atom is -0.438 e. The quantitative estimate of drug-likeness (QED) is 0.351. The summed E-state index contributed by atoms with van der Waals surface area (Å²) in [6.45, 7) is 0.537. The Morgan fingerprint density at radius 2 is 1.50 bits per heavy atom. The maximum Gasteiger partial charge on any atom is 0.317 e. The van der Waals surface area contributed by atoms with E-state index in [4.69, 9.17) is 14.2 Å². The molecule has 20 heavy (non-hydrogen) atoms. The van der Waals surface area contributed by atoms with Crippen molar-refractivity contribution in [1.29, 1.82) is 0 Å². The molecule has 3 saturated carbocycles. The van der Waals surface area contributed by atoms with Crippen molar-refractivity contribution in [3.63, 3.8) is 0 Å². The second kappa shape index (κ2) is 3.42. The molecule has 2 saturated heterocycles. The lowest BCUT2D eigenvalue weighted by Gasteiger charge is -2.50. The van der Waals surface area contributed by atoms with Crippen LogP contribution in [0, 0.1) is 47.3 Å². The van der Waals surface area contributed by atoms with Crippen molar-refractivity contribution in [2.24, 2.45) is 47.3 Å². The Kier molecular flexibility index (Phi) is 1.92. The number of hydrogen-bond donors (Lipinski definition) is 0. The van der Waals surface area contributed by atoms with Crippen molar-refractivity contribution in [3.05, 3.63) is 0 Å². The molecule has 5 rings (SSSR count). The first-order chi connectivity index (χ1) is 9.68. The van der Waals surface area contributed by atoms with Gasteiger partial charge in [0.25, 0.3) is 0 Å². The highest BCUT2D eigenvalue weighted by atomic mass is 16.7. The van der Waals surface area contributed by atoms with E-state index in [1.165, 1.54) is 0 Å². The minimum absolute atomic E-state index is 0.0223. The molecule has 0 radical (unpaired) electrons. The highest BCUT2D eigenvalue weighted by Crippen LogP contribution is 2.71. The number of esters is 3. The summed E-state index contributed by atoms with van der Waals surface area (Å²) in [5.74, 6) is -0.734. The molecule has 6 heteroatoms. The predicted octanol–water partition coefficient (Wildman–Crippen LogP) is -0.0388. The summed E-state index contributed by atoms with van der Waals surface area (Å²) in [4.78, 5) is 35.7. The Morgan fingerprint density at radius 1 is 0.800 bits per heavy atom. The molecule has 3 aliphatic carbocycles. The topological polar surface area (TPSA) is 78.9 Å². The Labute approximate surface area is 114 Å². The summed E-state index contributed by atoms with van der Waals surface area (Å²) in [5.41, 5.74) is 0. The molecule has 0 aromatic heterocycles. The SMILES string of the molecule is O=C1OCOCC2C3CC(C12)C1C2C(=O)OC(=O)C2C31. The van der Waals surface area contributed by atoms with Crippen LogP contribution in [0.3, 0.4) is 0 Å². The van der Waals surface area contributed by atoms with Gasteiger partial charge in [0.05, 0.1) is 24.4 Å². The highest BCUT2D eigenvalue weighted by Gasteiger charge is 2.75. The van der Waals surface area contributed by atoms with Gasteiger partial charge in [0.1, 0.15) is 0 Å². The molecule has 0 N–H and O–H groups in total. The van der Waals surface area contributed by atoms with Crippen LogP contribution in [0.4, 0.5) is 0 Å². The van der Waals surface area contributed by atoms with Gasteiger partial charge in [-0.05, 0) is 36.0 Å². The van der Waals surface area contributed by atoms with E-state index < -0.39 is 0 Å². The van der Waals surface area contributed by atoms with Crippen LogP contribution in [-0.4, -0.2) is 31.3 Å². The van der Waals surface area contributed by atoms with Crippen molar-refractivity contribution in [1.82, 2.24) is 0 Å². The third-order valence-electron chi connectivity index (χ3n) is 6.28. The summed E-state index contributed by atoms with van der Waals surface area (Å²) < 4.78 is 15.3. The number of fused-ring (bicyclic) bond motifs is 11. The molecule has 6 nitrogen and oxygen atoms in total. The Morgan fingerprint density at radius 3 is 2.25 bits per heavy atom. The molecule has 0 spiro atoms. The molecule has 0 amide bonds. The van der Waals surface area contributed by atoms with Crippen LogP contribution in [0.25, 0.3) is 0 Å². The van der Waals surface area contributed by atoms with Gasteiger partial charge in [-0.1, -0.05) is 0 Å². The third kappa shape index (κ3) is 1.06. The average Bonchev–Trinajstić information content (AvgIpc) is 2.86. The van der Waals surface area contributed by atoms with E-state index in [9.17, 15) is 14.4 Å². The van der Waals surface area contributed by atoms with Gasteiger partial charge in [-0.2, -0.15) is 0 Å². The zero-order chi connectivity index (χ0) is 13.6. The zero-order valence-electron chi connectivity index (χ0n) is 10.7. The summed E-state index contributed by atoms with van der Waals surface area (Å²) in [6, 6.07) is 0. The number of hydrogen-bond acceptors (Lipinski definition) is 6. The summed E-state index contributed by atoms with van der Waals surface area (Å²) in [5, 5.41) is 0. The average molecular weight is 278 g/mol.